The summed E-state index contributed by atoms with van der Waals surface area (Å²) in [5.41, 5.74) is -0.562. The number of esters is 1. The Kier molecular flexibility index (Phi) is 3.25. The lowest BCUT2D eigenvalue weighted by Gasteiger charge is -2.40. The van der Waals surface area contributed by atoms with E-state index in [-0.39, 0.29) is 30.1 Å². The molecule has 2 rings (SSSR count). The fourth-order valence-corrected chi connectivity index (χ4v) is 2.23. The van der Waals surface area contributed by atoms with Crippen LogP contribution in [0.1, 0.15) is 17.4 Å². The maximum atomic E-state index is 12.8. The third-order valence-corrected chi connectivity index (χ3v) is 3.65. The average molecular weight is 343 g/mol. The molecule has 11 heteroatoms. The van der Waals surface area contributed by atoms with Crippen molar-refractivity contribution in [2.45, 2.75) is 11.8 Å². The van der Waals surface area contributed by atoms with Crippen LogP contribution in [0.5, 0.6) is 0 Å². The number of hydrogen-bond donors (Lipinski definition) is 0. The zero-order chi connectivity index (χ0) is 16.7. The minimum absolute atomic E-state index is 0.0748. The fraction of sp³-hybridized carbons (Fsp3) is 0.182. The predicted octanol–water partition coefficient (Wildman–Crippen LogP) is 4.10. The Balaban J connectivity index is 2.42. The van der Waals surface area contributed by atoms with Crippen molar-refractivity contribution in [3.63, 3.8) is 0 Å². The van der Waals surface area contributed by atoms with Crippen molar-refractivity contribution >= 4 is 16.2 Å². The molecule has 1 aromatic carbocycles. The second-order valence-electron chi connectivity index (χ2n) is 4.24. The summed E-state index contributed by atoms with van der Waals surface area (Å²) in [4.78, 5) is 9.34. The summed E-state index contributed by atoms with van der Waals surface area (Å²) in [6.45, 7) is 1.63. The number of ether oxygens (including phenoxy) is 1. The van der Waals surface area contributed by atoms with E-state index in [2.05, 4.69) is 15.0 Å². The van der Waals surface area contributed by atoms with E-state index in [1.165, 1.54) is 0 Å². The predicted molar refractivity (Wildman–Crippen MR) is 68.7 cm³/mol. The lowest BCUT2D eigenvalue weighted by Crippen LogP contribution is -2.07. The molecule has 0 atom stereocenters. The Labute approximate surface area is 121 Å². The summed E-state index contributed by atoms with van der Waals surface area (Å²) in [7, 11) is -9.79. The van der Waals surface area contributed by atoms with Crippen LogP contribution in [-0.4, -0.2) is 27.6 Å². The van der Waals surface area contributed by atoms with Gasteiger partial charge < -0.3 is 4.74 Å². The number of benzene rings is 1. The Hall–Kier alpha value is -2.17. The summed E-state index contributed by atoms with van der Waals surface area (Å²) >= 11 is 0. The maximum absolute atomic E-state index is 12.8. The molecule has 0 bridgehead atoms. The van der Waals surface area contributed by atoms with Gasteiger partial charge in [0.15, 0.2) is 5.69 Å². The topological polar surface area (TPSA) is 57.0 Å². The Morgan fingerprint density at radius 3 is 2.55 bits per heavy atom. The molecule has 0 fully saturated rings. The molecule has 1 aromatic heterocycles. The molecule has 0 spiro atoms. The highest BCUT2D eigenvalue weighted by molar-refractivity contribution is 8.45. The molecule has 2 aromatic rings. The van der Waals surface area contributed by atoms with Crippen LogP contribution in [0.15, 0.2) is 35.4 Å². The van der Waals surface area contributed by atoms with Gasteiger partial charge in [-0.2, -0.15) is 0 Å². The van der Waals surface area contributed by atoms with Crippen LogP contribution < -0.4 is 0 Å². The summed E-state index contributed by atoms with van der Waals surface area (Å²) < 4.78 is 69.2. The zero-order valence-electron chi connectivity index (χ0n) is 11.1. The van der Waals surface area contributed by atoms with Crippen molar-refractivity contribution < 1.29 is 29.0 Å². The highest BCUT2D eigenvalue weighted by Gasteiger charge is 2.65. The van der Waals surface area contributed by atoms with Gasteiger partial charge in [-0.1, -0.05) is 30.7 Å². The Morgan fingerprint density at radius 2 is 1.95 bits per heavy atom. The van der Waals surface area contributed by atoms with E-state index in [1.54, 1.807) is 6.92 Å². The second-order valence-corrected chi connectivity index (χ2v) is 6.64. The monoisotopic (exact) mass is 343 g/mol. The molecule has 1 heterocycles. The van der Waals surface area contributed by atoms with Crippen molar-refractivity contribution in [2.24, 2.45) is 0 Å². The largest absolute Gasteiger partial charge is 0.461 e. The minimum Gasteiger partial charge on any atom is -0.461 e. The number of carbonyl (C=O) groups excluding carboxylic acids is 1. The number of hydrogen-bond acceptors (Lipinski definition) is 4. The van der Waals surface area contributed by atoms with Crippen LogP contribution in [0, 0.1) is 0 Å². The van der Waals surface area contributed by atoms with Gasteiger partial charge >= 0.3 is 16.2 Å². The number of aromatic nitrogens is 3. The SMILES string of the molecule is CCOC(=O)c1cn(-c2cccc(S(F)(F)(F)(F)F)c2)nn1. The van der Waals surface area contributed by atoms with E-state index in [9.17, 15) is 24.2 Å². The van der Waals surface area contributed by atoms with Crippen LogP contribution in [-0.2, 0) is 4.74 Å². The first-order valence-electron chi connectivity index (χ1n) is 5.85. The minimum atomic E-state index is -9.79. The highest BCUT2D eigenvalue weighted by atomic mass is 32.5. The van der Waals surface area contributed by atoms with Gasteiger partial charge in [0.1, 0.15) is 4.90 Å². The third-order valence-electron chi connectivity index (χ3n) is 2.51. The number of halogens is 5. The molecule has 0 saturated heterocycles. The number of rotatable bonds is 4. The summed E-state index contributed by atoms with van der Waals surface area (Å²) in [6, 6.07) is 2.45. The van der Waals surface area contributed by atoms with Gasteiger partial charge in [-0.05, 0) is 25.1 Å². The smallest absolute Gasteiger partial charge is 0.360 e. The van der Waals surface area contributed by atoms with Crippen molar-refractivity contribution in [3.05, 3.63) is 36.2 Å². The van der Waals surface area contributed by atoms with Crippen LogP contribution in [0.4, 0.5) is 19.4 Å². The second kappa shape index (κ2) is 4.41. The van der Waals surface area contributed by atoms with Crippen molar-refractivity contribution in [2.75, 3.05) is 6.61 Å². The van der Waals surface area contributed by atoms with Crippen LogP contribution in [0.2, 0.25) is 0 Å². The molecule has 5 nitrogen and oxygen atoms in total. The van der Waals surface area contributed by atoms with Gasteiger partial charge in [0.05, 0.1) is 18.5 Å². The lowest BCUT2D eigenvalue weighted by molar-refractivity contribution is 0.0519. The summed E-state index contributed by atoms with van der Waals surface area (Å²) in [6.07, 6.45) is 0.989. The normalized spacial score (nSPS) is 15.0. The van der Waals surface area contributed by atoms with Gasteiger partial charge in [-0.3, -0.25) is 0 Å². The fourth-order valence-electron chi connectivity index (χ4n) is 1.55. The van der Waals surface area contributed by atoms with E-state index >= 15 is 0 Å². The van der Waals surface area contributed by atoms with Gasteiger partial charge in [0.2, 0.25) is 0 Å². The highest BCUT2D eigenvalue weighted by Crippen LogP contribution is 3.02. The molecule has 0 aliphatic carbocycles. The molecule has 0 aliphatic rings. The van der Waals surface area contributed by atoms with E-state index in [4.69, 9.17) is 0 Å². The van der Waals surface area contributed by atoms with E-state index in [0.717, 1.165) is 23.0 Å². The standard InChI is InChI=1S/C11H10F5N3O2S/c1-2-21-11(20)10-7-19(18-17-10)8-4-3-5-9(6-8)22(12,13,14,15)16/h3-7H,2H2,1H3. The number of nitrogens with zero attached hydrogens (tertiary/aromatic N) is 3. The summed E-state index contributed by atoms with van der Waals surface area (Å²) in [5, 5.41) is 6.84. The molecule has 0 saturated carbocycles. The molecule has 0 amide bonds. The van der Waals surface area contributed by atoms with Crippen LogP contribution >= 0.6 is 10.2 Å². The maximum Gasteiger partial charge on any atom is 0.360 e. The van der Waals surface area contributed by atoms with Gasteiger partial charge in [0.25, 0.3) is 0 Å². The van der Waals surface area contributed by atoms with E-state index in [0.29, 0.717) is 0 Å². The van der Waals surface area contributed by atoms with E-state index < -0.39 is 21.1 Å². The summed E-state index contributed by atoms with van der Waals surface area (Å²) in [5.74, 6) is -0.822. The van der Waals surface area contributed by atoms with E-state index in [1.807, 2.05) is 0 Å². The third kappa shape index (κ3) is 3.53. The molecular weight excluding hydrogens is 333 g/mol. The van der Waals surface area contributed by atoms with Crippen LogP contribution in [0.3, 0.4) is 0 Å². The van der Waals surface area contributed by atoms with Crippen LogP contribution in [0.25, 0.3) is 5.69 Å². The molecule has 0 unspecified atom stereocenters. The van der Waals surface area contributed by atoms with Crippen molar-refractivity contribution in [1.29, 1.82) is 0 Å². The first-order chi connectivity index (χ1) is 9.90. The number of carbonyl (C=O) groups is 1. The average Bonchev–Trinajstić information content (AvgIpc) is 2.86. The molecule has 122 valence electrons. The molecule has 0 aliphatic heterocycles. The van der Waals surface area contributed by atoms with Gasteiger partial charge in [-0.15, -0.1) is 5.10 Å². The lowest BCUT2D eigenvalue weighted by atomic mass is 10.3. The zero-order valence-corrected chi connectivity index (χ0v) is 11.9. The molecule has 22 heavy (non-hydrogen) atoms. The first-order valence-corrected chi connectivity index (χ1v) is 7.80. The first kappa shape index (κ1) is 16.2. The molecule has 0 N–H and O–H groups in total. The quantitative estimate of drug-likeness (QED) is 0.619. The molecule has 0 radical (unpaired) electrons. The van der Waals surface area contributed by atoms with Gasteiger partial charge in [0, 0.05) is 0 Å². The van der Waals surface area contributed by atoms with Gasteiger partial charge in [-0.25, -0.2) is 9.48 Å². The van der Waals surface area contributed by atoms with Crippen molar-refractivity contribution in [3.8, 4) is 5.69 Å². The Bertz CT molecular complexity index is 729. The Morgan fingerprint density at radius 1 is 1.27 bits per heavy atom. The molecular formula is C11H10F5N3O2S. The van der Waals surface area contributed by atoms with Crippen molar-refractivity contribution in [1.82, 2.24) is 15.0 Å².